The van der Waals surface area contributed by atoms with E-state index in [2.05, 4.69) is 0 Å². The fourth-order valence-electron chi connectivity index (χ4n) is 0.971. The summed E-state index contributed by atoms with van der Waals surface area (Å²) in [5.41, 5.74) is 0. The second-order valence-electron chi connectivity index (χ2n) is 2.76. The minimum Gasteiger partial charge on any atom is -0.390 e. The van der Waals surface area contributed by atoms with Crippen molar-refractivity contribution in [2.45, 2.75) is 39.1 Å². The smallest absolute Gasteiger partial charge is 0.361 e. The van der Waals surface area contributed by atoms with Gasteiger partial charge in [0.05, 0.1) is 19.3 Å². The minimum atomic E-state index is -3.58. The molecule has 2 N–H and O–H groups in total. The van der Waals surface area contributed by atoms with Crippen LogP contribution in [0.2, 0.25) is 0 Å². The van der Waals surface area contributed by atoms with Gasteiger partial charge < -0.3 is 19.3 Å². The first-order chi connectivity index (χ1) is 6.51. The van der Waals surface area contributed by atoms with Crippen molar-refractivity contribution in [3.63, 3.8) is 0 Å². The zero-order chi connectivity index (χ0) is 11.2. The summed E-state index contributed by atoms with van der Waals surface area (Å²) in [6, 6.07) is 0. The van der Waals surface area contributed by atoms with E-state index >= 15 is 0 Å². The Bertz CT molecular complexity index is 186. The van der Waals surface area contributed by atoms with Gasteiger partial charge in [0, 0.05) is 0 Å². The summed E-state index contributed by atoms with van der Waals surface area (Å²) in [5, 5.41) is 18.9. The van der Waals surface area contributed by atoms with E-state index in [1.165, 1.54) is 0 Å². The molecule has 0 aromatic carbocycles. The third-order valence-electron chi connectivity index (χ3n) is 1.70. The van der Waals surface area contributed by atoms with E-state index in [-0.39, 0.29) is 13.2 Å². The second kappa shape index (κ2) is 6.53. The molecule has 0 spiro atoms. The van der Waals surface area contributed by atoms with Crippen molar-refractivity contribution in [2.75, 3.05) is 13.2 Å². The lowest BCUT2D eigenvalue weighted by Gasteiger charge is -2.25. The Balaban J connectivity index is 4.54. The van der Waals surface area contributed by atoms with Crippen LogP contribution in [0.3, 0.4) is 0 Å². The lowest BCUT2D eigenvalue weighted by Crippen LogP contribution is -2.27. The molecule has 0 radical (unpaired) electrons. The molecule has 0 aromatic rings. The Hall–Kier alpha value is 0.0700. The average molecular weight is 226 g/mol. The maximum Gasteiger partial charge on any atom is 0.361 e. The largest absolute Gasteiger partial charge is 0.390 e. The van der Waals surface area contributed by atoms with Crippen molar-refractivity contribution >= 4 is 7.60 Å². The van der Waals surface area contributed by atoms with Gasteiger partial charge in [-0.3, -0.25) is 4.57 Å². The molecule has 2 atom stereocenters. The van der Waals surface area contributed by atoms with Gasteiger partial charge >= 0.3 is 7.60 Å². The molecular weight excluding hydrogens is 207 g/mol. The molecule has 86 valence electrons. The summed E-state index contributed by atoms with van der Waals surface area (Å²) >= 11 is 0. The molecule has 0 heterocycles. The van der Waals surface area contributed by atoms with E-state index in [9.17, 15) is 14.8 Å². The van der Waals surface area contributed by atoms with E-state index in [0.29, 0.717) is 6.42 Å². The summed E-state index contributed by atoms with van der Waals surface area (Å²) in [5.74, 6) is -1.47. The first-order valence-electron chi connectivity index (χ1n) is 4.76. The molecule has 0 saturated heterocycles. The van der Waals surface area contributed by atoms with Crippen LogP contribution in [0.5, 0.6) is 0 Å². The fraction of sp³-hybridized carbons (Fsp3) is 1.00. The van der Waals surface area contributed by atoms with Gasteiger partial charge in [0.15, 0.2) is 5.85 Å². The molecule has 0 rings (SSSR count). The number of aliphatic hydroxyl groups excluding tert-OH is 2. The summed E-state index contributed by atoms with van der Waals surface area (Å²) in [4.78, 5) is 0. The monoisotopic (exact) mass is 226 g/mol. The van der Waals surface area contributed by atoms with Crippen LogP contribution in [-0.4, -0.2) is 35.4 Å². The average Bonchev–Trinajstić information content (AvgIpc) is 2.16. The Morgan fingerprint density at radius 2 is 1.57 bits per heavy atom. The lowest BCUT2D eigenvalue weighted by molar-refractivity contribution is 0.0389. The van der Waals surface area contributed by atoms with Crippen molar-refractivity contribution in [3.8, 4) is 0 Å². The quantitative estimate of drug-likeness (QED) is 0.641. The van der Waals surface area contributed by atoms with Gasteiger partial charge in [0.2, 0.25) is 0 Å². The summed E-state index contributed by atoms with van der Waals surface area (Å²) < 4.78 is 21.6. The van der Waals surface area contributed by atoms with Crippen LogP contribution in [-0.2, 0) is 13.6 Å². The van der Waals surface area contributed by atoms with Crippen LogP contribution < -0.4 is 0 Å². The zero-order valence-corrected chi connectivity index (χ0v) is 9.74. The van der Waals surface area contributed by atoms with Crippen LogP contribution in [0, 0.1) is 0 Å². The summed E-state index contributed by atoms with van der Waals surface area (Å²) in [6.07, 6.45) is -0.787. The molecule has 5 nitrogen and oxygen atoms in total. The second-order valence-corrected chi connectivity index (χ2v) is 4.89. The molecule has 0 aromatic heterocycles. The van der Waals surface area contributed by atoms with Gasteiger partial charge in [-0.1, -0.05) is 6.92 Å². The predicted octanol–water partition coefficient (Wildman–Crippen LogP) is 1.34. The van der Waals surface area contributed by atoms with Gasteiger partial charge in [-0.25, -0.2) is 0 Å². The molecule has 0 aliphatic rings. The van der Waals surface area contributed by atoms with Crippen molar-refractivity contribution < 1.29 is 23.8 Å². The SMILES string of the molecule is CCOP(=O)(OCC)[C@@H](O)[C@H](O)CC. The number of hydrogen-bond donors (Lipinski definition) is 2. The topological polar surface area (TPSA) is 76.0 Å². The van der Waals surface area contributed by atoms with Gasteiger partial charge in [0.1, 0.15) is 0 Å². The van der Waals surface area contributed by atoms with E-state index < -0.39 is 19.5 Å². The highest BCUT2D eigenvalue weighted by Gasteiger charge is 2.38. The highest BCUT2D eigenvalue weighted by Crippen LogP contribution is 2.53. The van der Waals surface area contributed by atoms with Gasteiger partial charge in [-0.15, -0.1) is 0 Å². The third kappa shape index (κ3) is 3.67. The maximum atomic E-state index is 11.9. The summed E-state index contributed by atoms with van der Waals surface area (Å²) in [6.45, 7) is 5.32. The van der Waals surface area contributed by atoms with Crippen molar-refractivity contribution in [2.24, 2.45) is 0 Å². The zero-order valence-electron chi connectivity index (χ0n) is 8.84. The standard InChI is InChI=1S/C8H19O5P/c1-4-7(9)8(10)14(11,12-5-2)13-6-3/h7-10H,4-6H2,1-3H3/t7-,8-/m1/s1. The maximum absolute atomic E-state index is 11.9. The number of hydrogen-bond acceptors (Lipinski definition) is 5. The van der Waals surface area contributed by atoms with Crippen molar-refractivity contribution in [3.05, 3.63) is 0 Å². The van der Waals surface area contributed by atoms with E-state index in [1.807, 2.05) is 0 Å². The van der Waals surface area contributed by atoms with Crippen LogP contribution in [0.4, 0.5) is 0 Å². The molecule has 0 unspecified atom stereocenters. The Labute approximate surface area is 84.6 Å². The van der Waals surface area contributed by atoms with Crippen LogP contribution in [0.1, 0.15) is 27.2 Å². The molecule has 14 heavy (non-hydrogen) atoms. The first kappa shape index (κ1) is 14.1. The highest BCUT2D eigenvalue weighted by molar-refractivity contribution is 7.54. The molecule has 0 fully saturated rings. The van der Waals surface area contributed by atoms with Crippen molar-refractivity contribution in [1.29, 1.82) is 0 Å². The first-order valence-corrected chi connectivity index (χ1v) is 6.37. The van der Waals surface area contributed by atoms with Crippen molar-refractivity contribution in [1.82, 2.24) is 0 Å². The fourth-order valence-corrected chi connectivity index (χ4v) is 2.70. The Morgan fingerprint density at radius 1 is 1.14 bits per heavy atom. The normalized spacial score (nSPS) is 16.6. The molecule has 6 heteroatoms. The predicted molar refractivity (Wildman–Crippen MR) is 53.2 cm³/mol. The van der Waals surface area contributed by atoms with Crippen LogP contribution in [0.15, 0.2) is 0 Å². The van der Waals surface area contributed by atoms with Gasteiger partial charge in [-0.2, -0.15) is 0 Å². The van der Waals surface area contributed by atoms with Crippen LogP contribution >= 0.6 is 7.60 Å². The summed E-state index contributed by atoms with van der Waals surface area (Å²) in [7, 11) is -3.58. The van der Waals surface area contributed by atoms with E-state index in [4.69, 9.17) is 9.05 Å². The van der Waals surface area contributed by atoms with E-state index in [0.717, 1.165) is 0 Å². The molecule has 0 amide bonds. The lowest BCUT2D eigenvalue weighted by atomic mass is 10.3. The molecule has 0 aliphatic heterocycles. The number of aliphatic hydroxyl groups is 2. The Morgan fingerprint density at radius 3 is 1.86 bits per heavy atom. The van der Waals surface area contributed by atoms with Gasteiger partial charge in [-0.05, 0) is 20.3 Å². The highest BCUT2D eigenvalue weighted by atomic mass is 31.2. The molecule has 0 saturated carbocycles. The Kier molecular flexibility index (Phi) is 6.57. The molecule has 0 bridgehead atoms. The molecular formula is C8H19O5P. The minimum absolute atomic E-state index is 0.171. The number of rotatable bonds is 7. The van der Waals surface area contributed by atoms with E-state index in [1.54, 1.807) is 20.8 Å². The van der Waals surface area contributed by atoms with Crippen LogP contribution in [0.25, 0.3) is 0 Å². The van der Waals surface area contributed by atoms with Gasteiger partial charge in [0.25, 0.3) is 0 Å². The molecule has 0 aliphatic carbocycles. The third-order valence-corrected chi connectivity index (χ3v) is 3.93.